The maximum atomic E-state index is 12.9. The van der Waals surface area contributed by atoms with Gasteiger partial charge in [-0.2, -0.15) is 4.37 Å². The van der Waals surface area contributed by atoms with Gasteiger partial charge in [-0.05, 0) is 37.5 Å². The number of aromatic nitrogens is 2. The molecule has 100 valence electrons. The van der Waals surface area contributed by atoms with Gasteiger partial charge in [0.1, 0.15) is 11.6 Å². The molecule has 0 spiro atoms. The van der Waals surface area contributed by atoms with E-state index in [1.165, 1.54) is 36.5 Å². The third kappa shape index (κ3) is 2.61. The quantitative estimate of drug-likeness (QED) is 0.852. The molecule has 1 aliphatic carbocycles. The predicted octanol–water partition coefficient (Wildman–Crippen LogP) is 3.75. The smallest absolute Gasteiger partial charge is 0.205 e. The molecule has 1 aromatic heterocycles. The highest BCUT2D eigenvalue weighted by Gasteiger charge is 2.28. The van der Waals surface area contributed by atoms with E-state index in [1.807, 2.05) is 19.2 Å². The monoisotopic (exact) mass is 277 g/mol. The Morgan fingerprint density at radius 3 is 2.63 bits per heavy atom. The number of hydrogen-bond donors (Lipinski definition) is 0. The van der Waals surface area contributed by atoms with E-state index in [4.69, 9.17) is 0 Å². The van der Waals surface area contributed by atoms with Gasteiger partial charge >= 0.3 is 0 Å². The summed E-state index contributed by atoms with van der Waals surface area (Å²) in [5, 5.41) is 0.929. The molecular weight excluding hydrogens is 261 g/mol. The molecule has 1 unspecified atom stereocenters. The van der Waals surface area contributed by atoms with Gasteiger partial charge in [-0.25, -0.2) is 9.37 Å². The van der Waals surface area contributed by atoms with Crippen molar-refractivity contribution in [1.29, 1.82) is 0 Å². The zero-order valence-electron chi connectivity index (χ0n) is 11.0. The highest BCUT2D eigenvalue weighted by Crippen LogP contribution is 2.40. The third-order valence-electron chi connectivity index (χ3n) is 3.61. The maximum absolute atomic E-state index is 12.9. The average Bonchev–Trinajstić information content (AvgIpc) is 3.16. The number of rotatable bonds is 4. The van der Waals surface area contributed by atoms with Crippen molar-refractivity contribution in [2.75, 3.05) is 11.9 Å². The van der Waals surface area contributed by atoms with Gasteiger partial charge in [-0.3, -0.25) is 0 Å². The standard InChI is InChI=1S/C14H16FN3S/c1-9(10-5-7-12(15)8-6-10)18(2)14-16-13(17-19-14)11-3-4-11/h5-9,11H,3-4H2,1-2H3. The molecule has 1 aliphatic rings. The van der Waals surface area contributed by atoms with Crippen molar-refractivity contribution >= 4 is 16.7 Å². The van der Waals surface area contributed by atoms with E-state index in [0.29, 0.717) is 5.92 Å². The Hall–Kier alpha value is -1.49. The van der Waals surface area contributed by atoms with Gasteiger partial charge in [0.25, 0.3) is 0 Å². The summed E-state index contributed by atoms with van der Waals surface area (Å²) in [7, 11) is 2.01. The summed E-state index contributed by atoms with van der Waals surface area (Å²) in [6.45, 7) is 2.09. The first kappa shape index (κ1) is 12.5. The Kier molecular flexibility index (Phi) is 3.22. The number of anilines is 1. The molecule has 0 N–H and O–H groups in total. The van der Waals surface area contributed by atoms with Crippen LogP contribution in [0.3, 0.4) is 0 Å². The predicted molar refractivity (Wildman–Crippen MR) is 75.1 cm³/mol. The van der Waals surface area contributed by atoms with Crippen LogP contribution in [-0.2, 0) is 0 Å². The number of benzene rings is 1. The molecule has 1 atom stereocenters. The van der Waals surface area contributed by atoms with Crippen molar-refractivity contribution in [3.63, 3.8) is 0 Å². The molecule has 1 aromatic carbocycles. The van der Waals surface area contributed by atoms with E-state index >= 15 is 0 Å². The molecule has 1 fully saturated rings. The van der Waals surface area contributed by atoms with E-state index in [0.717, 1.165) is 16.5 Å². The van der Waals surface area contributed by atoms with Crippen molar-refractivity contribution in [1.82, 2.24) is 9.36 Å². The van der Waals surface area contributed by atoms with Crippen LogP contribution in [0, 0.1) is 5.82 Å². The van der Waals surface area contributed by atoms with Crippen LogP contribution < -0.4 is 4.90 Å². The van der Waals surface area contributed by atoms with Crippen molar-refractivity contribution in [2.24, 2.45) is 0 Å². The molecule has 0 aliphatic heterocycles. The van der Waals surface area contributed by atoms with E-state index in [9.17, 15) is 4.39 Å². The highest BCUT2D eigenvalue weighted by atomic mass is 32.1. The van der Waals surface area contributed by atoms with Crippen LogP contribution in [0.25, 0.3) is 0 Å². The third-order valence-corrected chi connectivity index (χ3v) is 4.43. The van der Waals surface area contributed by atoms with E-state index < -0.39 is 0 Å². The lowest BCUT2D eigenvalue weighted by Crippen LogP contribution is -2.21. The largest absolute Gasteiger partial charge is 0.343 e. The molecule has 5 heteroatoms. The average molecular weight is 277 g/mol. The Bertz CT molecular complexity index is 562. The van der Waals surface area contributed by atoms with Gasteiger partial charge in [0.2, 0.25) is 5.13 Å². The lowest BCUT2D eigenvalue weighted by Gasteiger charge is -2.24. The van der Waals surface area contributed by atoms with Gasteiger partial charge in [-0.1, -0.05) is 12.1 Å². The minimum Gasteiger partial charge on any atom is -0.343 e. The van der Waals surface area contributed by atoms with Crippen LogP contribution in [0.15, 0.2) is 24.3 Å². The summed E-state index contributed by atoms with van der Waals surface area (Å²) < 4.78 is 17.4. The molecular formula is C14H16FN3S. The lowest BCUT2D eigenvalue weighted by atomic mass is 10.1. The first-order valence-corrected chi connectivity index (χ1v) is 7.24. The second kappa shape index (κ2) is 4.89. The molecule has 19 heavy (non-hydrogen) atoms. The second-order valence-corrected chi connectivity index (χ2v) is 5.78. The van der Waals surface area contributed by atoms with Gasteiger partial charge in [0.15, 0.2) is 0 Å². The van der Waals surface area contributed by atoms with Crippen molar-refractivity contribution in [3.8, 4) is 0 Å². The summed E-state index contributed by atoms with van der Waals surface area (Å²) in [4.78, 5) is 6.69. The van der Waals surface area contributed by atoms with Crippen LogP contribution in [0.5, 0.6) is 0 Å². The topological polar surface area (TPSA) is 29.0 Å². The Morgan fingerprint density at radius 1 is 1.32 bits per heavy atom. The van der Waals surface area contributed by atoms with Crippen LogP contribution in [-0.4, -0.2) is 16.4 Å². The fourth-order valence-corrected chi connectivity index (χ4v) is 2.79. The van der Waals surface area contributed by atoms with Crippen molar-refractivity contribution < 1.29 is 4.39 Å². The minimum absolute atomic E-state index is 0.153. The van der Waals surface area contributed by atoms with E-state index in [-0.39, 0.29) is 11.9 Å². The van der Waals surface area contributed by atoms with Gasteiger partial charge in [0, 0.05) is 24.5 Å². The zero-order valence-corrected chi connectivity index (χ0v) is 11.8. The van der Waals surface area contributed by atoms with E-state index in [1.54, 1.807) is 0 Å². The SMILES string of the molecule is CC(c1ccc(F)cc1)N(C)c1nc(C2CC2)ns1. The van der Waals surface area contributed by atoms with Crippen LogP contribution in [0.2, 0.25) is 0 Å². The Morgan fingerprint density at radius 2 is 2.00 bits per heavy atom. The Balaban J connectivity index is 1.77. The molecule has 0 saturated heterocycles. The Labute approximate surface area is 116 Å². The summed E-state index contributed by atoms with van der Waals surface area (Å²) in [6.07, 6.45) is 2.43. The van der Waals surface area contributed by atoms with Crippen molar-refractivity contribution in [3.05, 3.63) is 41.5 Å². The maximum Gasteiger partial charge on any atom is 0.205 e. The molecule has 3 rings (SSSR count). The molecule has 2 aromatic rings. The van der Waals surface area contributed by atoms with E-state index in [2.05, 4.69) is 21.2 Å². The number of halogens is 1. The molecule has 0 bridgehead atoms. The normalized spacial score (nSPS) is 16.4. The number of nitrogens with zero attached hydrogens (tertiary/aromatic N) is 3. The summed E-state index contributed by atoms with van der Waals surface area (Å²) in [5.41, 5.74) is 1.08. The van der Waals surface area contributed by atoms with Crippen LogP contribution in [0.1, 0.15) is 43.1 Å². The highest BCUT2D eigenvalue weighted by molar-refractivity contribution is 7.09. The summed E-state index contributed by atoms with van der Waals surface area (Å²) >= 11 is 1.44. The first-order valence-electron chi connectivity index (χ1n) is 6.47. The van der Waals surface area contributed by atoms with Gasteiger partial charge in [0.05, 0.1) is 6.04 Å². The molecule has 1 heterocycles. The summed E-state index contributed by atoms with van der Waals surface area (Å²) in [5.74, 6) is 1.36. The van der Waals surface area contributed by atoms with Crippen LogP contribution >= 0.6 is 11.5 Å². The molecule has 3 nitrogen and oxygen atoms in total. The van der Waals surface area contributed by atoms with Crippen LogP contribution in [0.4, 0.5) is 9.52 Å². The minimum atomic E-state index is -0.203. The number of hydrogen-bond acceptors (Lipinski definition) is 4. The van der Waals surface area contributed by atoms with Gasteiger partial charge in [-0.15, -0.1) is 0 Å². The molecule has 0 amide bonds. The fourth-order valence-electron chi connectivity index (χ4n) is 2.01. The zero-order chi connectivity index (χ0) is 13.4. The lowest BCUT2D eigenvalue weighted by molar-refractivity contribution is 0.625. The molecule has 1 saturated carbocycles. The van der Waals surface area contributed by atoms with Crippen molar-refractivity contribution in [2.45, 2.75) is 31.7 Å². The summed E-state index contributed by atoms with van der Waals surface area (Å²) in [6, 6.07) is 6.78. The molecule has 0 radical (unpaired) electrons. The first-order chi connectivity index (χ1) is 9.15. The van der Waals surface area contributed by atoms with Gasteiger partial charge < -0.3 is 4.90 Å². The second-order valence-electron chi connectivity index (χ2n) is 5.05. The fraction of sp³-hybridized carbons (Fsp3) is 0.429.